The molecule has 2 fully saturated rings. The fraction of sp³-hybridized carbons (Fsp3) is 0.667. The van der Waals surface area contributed by atoms with Gasteiger partial charge in [-0.15, -0.1) is 0 Å². The second-order valence-corrected chi connectivity index (χ2v) is 7.77. The number of aryl methyl sites for hydroxylation is 1. The molecule has 114 valence electrons. The van der Waals surface area contributed by atoms with Crippen molar-refractivity contribution in [2.45, 2.75) is 57.5 Å². The fourth-order valence-electron chi connectivity index (χ4n) is 5.60. The molecule has 6 unspecified atom stereocenters. The molecule has 3 aliphatic carbocycles. The number of hydrogen-bond acceptors (Lipinski definition) is 2. The van der Waals surface area contributed by atoms with Gasteiger partial charge in [0.1, 0.15) is 5.75 Å². The summed E-state index contributed by atoms with van der Waals surface area (Å²) in [5.41, 5.74) is 3.22. The minimum absolute atomic E-state index is 0.0715. The summed E-state index contributed by atoms with van der Waals surface area (Å²) in [6.07, 6.45) is 7.03. The fourth-order valence-corrected chi connectivity index (χ4v) is 5.75. The number of benzene rings is 1. The second-order valence-electron chi connectivity index (χ2n) is 7.53. The highest BCUT2D eigenvalue weighted by Gasteiger charge is 2.54. The molecule has 6 atom stereocenters. The van der Waals surface area contributed by atoms with E-state index in [0.29, 0.717) is 5.92 Å². The number of aliphatic hydroxyl groups is 1. The molecule has 2 nitrogen and oxygen atoms in total. The summed E-state index contributed by atoms with van der Waals surface area (Å²) in [6, 6.07) is 6.61. The van der Waals surface area contributed by atoms with Gasteiger partial charge in [0.05, 0.1) is 15.6 Å². The van der Waals surface area contributed by atoms with Crippen LogP contribution in [0.1, 0.15) is 56.1 Å². The van der Waals surface area contributed by atoms with Gasteiger partial charge in [0.25, 0.3) is 0 Å². The van der Waals surface area contributed by atoms with Crippen molar-refractivity contribution in [3.8, 4) is 5.75 Å². The maximum Gasteiger partial charge on any atom is 0.122 e. The van der Waals surface area contributed by atoms with Crippen molar-refractivity contribution >= 4 is 9.47 Å². The van der Waals surface area contributed by atoms with E-state index in [1.54, 1.807) is 5.56 Å². The molecular formula is C18H25O2P. The lowest BCUT2D eigenvalue weighted by Crippen LogP contribution is -2.43. The lowest BCUT2D eigenvalue weighted by molar-refractivity contribution is -0.0226. The first-order valence-electron chi connectivity index (χ1n) is 8.31. The molecule has 0 saturated heterocycles. The van der Waals surface area contributed by atoms with Gasteiger partial charge in [-0.3, -0.25) is 0 Å². The summed E-state index contributed by atoms with van der Waals surface area (Å²) < 4.78 is 5.30. The number of rotatable bonds is 1. The van der Waals surface area contributed by atoms with Crippen LogP contribution in [0.4, 0.5) is 0 Å². The van der Waals surface area contributed by atoms with Gasteiger partial charge in [0.15, 0.2) is 0 Å². The van der Waals surface area contributed by atoms with Crippen molar-refractivity contribution in [1.82, 2.24) is 0 Å². The van der Waals surface area contributed by atoms with E-state index in [0.717, 1.165) is 24.0 Å². The van der Waals surface area contributed by atoms with Crippen LogP contribution in [0.5, 0.6) is 5.75 Å². The number of fused-ring (bicyclic) bond motifs is 5. The first-order valence-corrected chi connectivity index (χ1v) is 8.78. The molecule has 1 N–H and O–H groups in total. The molecule has 0 heterocycles. The van der Waals surface area contributed by atoms with E-state index < -0.39 is 0 Å². The summed E-state index contributed by atoms with van der Waals surface area (Å²) in [6.45, 7) is 2.34. The lowest BCUT2D eigenvalue weighted by atomic mass is 9.55. The number of hydrogen-bond donors (Lipinski definition) is 1. The maximum atomic E-state index is 10.4. The van der Waals surface area contributed by atoms with Crippen LogP contribution in [0.3, 0.4) is 0 Å². The third kappa shape index (κ3) is 1.99. The Morgan fingerprint density at radius 3 is 2.90 bits per heavy atom. The van der Waals surface area contributed by atoms with Gasteiger partial charge in [-0.2, -0.15) is 0 Å². The van der Waals surface area contributed by atoms with E-state index in [9.17, 15) is 5.11 Å². The summed E-state index contributed by atoms with van der Waals surface area (Å²) in [7, 11) is 2.34. The summed E-state index contributed by atoms with van der Waals surface area (Å²) >= 11 is 0. The molecule has 0 spiro atoms. The average molecular weight is 304 g/mol. The predicted molar refractivity (Wildman–Crippen MR) is 87.4 cm³/mol. The molecular weight excluding hydrogens is 279 g/mol. The van der Waals surface area contributed by atoms with E-state index in [4.69, 9.17) is 4.52 Å². The minimum Gasteiger partial charge on any atom is -0.480 e. The third-order valence-corrected chi connectivity index (χ3v) is 7.06. The summed E-state index contributed by atoms with van der Waals surface area (Å²) in [4.78, 5) is 0. The van der Waals surface area contributed by atoms with Crippen LogP contribution >= 0.6 is 9.47 Å². The van der Waals surface area contributed by atoms with E-state index in [-0.39, 0.29) is 11.5 Å². The van der Waals surface area contributed by atoms with E-state index in [1.807, 2.05) is 0 Å². The zero-order valence-electron chi connectivity index (χ0n) is 12.7. The van der Waals surface area contributed by atoms with Crippen molar-refractivity contribution in [1.29, 1.82) is 0 Å². The highest BCUT2D eigenvalue weighted by molar-refractivity contribution is 7.10. The van der Waals surface area contributed by atoms with Gasteiger partial charge in [-0.05, 0) is 85.0 Å². The Balaban J connectivity index is 1.68. The first kappa shape index (κ1) is 14.0. The molecule has 0 aliphatic heterocycles. The molecule has 2 saturated carbocycles. The zero-order chi connectivity index (χ0) is 14.6. The van der Waals surface area contributed by atoms with Crippen molar-refractivity contribution in [3.05, 3.63) is 29.3 Å². The summed E-state index contributed by atoms with van der Waals surface area (Å²) in [5.74, 6) is 3.15. The predicted octanol–water partition coefficient (Wildman–Crippen LogP) is 4.07. The van der Waals surface area contributed by atoms with Crippen molar-refractivity contribution < 1.29 is 9.63 Å². The highest BCUT2D eigenvalue weighted by Crippen LogP contribution is 2.60. The van der Waals surface area contributed by atoms with E-state index >= 15 is 0 Å². The molecule has 1 aromatic rings. The maximum absolute atomic E-state index is 10.4. The Morgan fingerprint density at radius 2 is 2.10 bits per heavy atom. The molecule has 4 rings (SSSR count). The third-order valence-electron chi connectivity index (χ3n) is 6.78. The molecule has 0 amide bonds. The SMILES string of the molecule is CC12CCC3c4ccc(OP)cc4CCC3C1CCC2O. The Kier molecular flexibility index (Phi) is 3.32. The van der Waals surface area contributed by atoms with Crippen LogP contribution in [0.2, 0.25) is 0 Å². The molecule has 0 aromatic heterocycles. The zero-order valence-corrected chi connectivity index (χ0v) is 13.9. The van der Waals surface area contributed by atoms with Crippen molar-refractivity contribution in [2.24, 2.45) is 17.3 Å². The lowest BCUT2D eigenvalue weighted by Gasteiger charge is -2.50. The van der Waals surface area contributed by atoms with Crippen molar-refractivity contribution in [3.63, 3.8) is 0 Å². The van der Waals surface area contributed by atoms with Crippen molar-refractivity contribution in [2.75, 3.05) is 0 Å². The first-order chi connectivity index (χ1) is 10.1. The monoisotopic (exact) mass is 304 g/mol. The van der Waals surface area contributed by atoms with E-state index in [2.05, 4.69) is 34.6 Å². The molecule has 3 heteroatoms. The Labute approximate surface area is 129 Å². The van der Waals surface area contributed by atoms with E-state index in [1.165, 1.54) is 37.7 Å². The molecule has 3 aliphatic rings. The number of aliphatic hydroxyl groups excluding tert-OH is 1. The molecule has 21 heavy (non-hydrogen) atoms. The Bertz CT molecular complexity index is 558. The van der Waals surface area contributed by atoms with Gasteiger partial charge in [0.2, 0.25) is 0 Å². The normalized spacial score (nSPS) is 41.1. The largest absolute Gasteiger partial charge is 0.480 e. The van der Waals surface area contributed by atoms with Gasteiger partial charge >= 0.3 is 0 Å². The van der Waals surface area contributed by atoms with Crippen LogP contribution in [0.15, 0.2) is 18.2 Å². The highest BCUT2D eigenvalue weighted by atomic mass is 31.0. The standard InChI is InChI=1S/C18H25O2P/c1-18-9-8-14-13-5-3-12(20-21)10-11(13)2-4-15(14)16(18)6-7-17(18)19/h3,5,10,14-17,19H,2,4,6-9,21H2,1H3. The minimum atomic E-state index is -0.0715. The van der Waals surface area contributed by atoms with Gasteiger partial charge in [-0.25, -0.2) is 0 Å². The van der Waals surface area contributed by atoms with Crippen LogP contribution in [0.25, 0.3) is 0 Å². The molecule has 0 bridgehead atoms. The topological polar surface area (TPSA) is 29.5 Å². The van der Waals surface area contributed by atoms with Crippen LogP contribution < -0.4 is 4.52 Å². The van der Waals surface area contributed by atoms with Gasteiger partial charge in [0, 0.05) is 0 Å². The quantitative estimate of drug-likeness (QED) is 0.792. The second kappa shape index (κ2) is 4.96. The van der Waals surface area contributed by atoms with Gasteiger partial charge < -0.3 is 9.63 Å². The smallest absolute Gasteiger partial charge is 0.122 e. The Morgan fingerprint density at radius 1 is 1.24 bits per heavy atom. The Hall–Kier alpha value is -0.590. The molecule has 1 aromatic carbocycles. The molecule has 0 radical (unpaired) electrons. The van der Waals surface area contributed by atoms with Crippen LogP contribution in [-0.4, -0.2) is 11.2 Å². The average Bonchev–Trinajstić information content (AvgIpc) is 2.82. The summed E-state index contributed by atoms with van der Waals surface area (Å²) in [5, 5.41) is 10.4. The van der Waals surface area contributed by atoms with Gasteiger partial charge in [-0.1, -0.05) is 13.0 Å². The van der Waals surface area contributed by atoms with Crippen LogP contribution in [-0.2, 0) is 6.42 Å². The van der Waals surface area contributed by atoms with Crippen LogP contribution in [0, 0.1) is 17.3 Å².